The maximum Gasteiger partial charge on any atom is 0.223 e. The van der Waals surface area contributed by atoms with Gasteiger partial charge in [-0.1, -0.05) is 40.0 Å². The van der Waals surface area contributed by atoms with Gasteiger partial charge < -0.3 is 10.4 Å². The SMILES string of the molecule is CCC(C)C(O)CNC(=O)C1CCCC(C)C1. The van der Waals surface area contributed by atoms with Crippen molar-refractivity contribution >= 4 is 5.91 Å². The van der Waals surface area contributed by atoms with Gasteiger partial charge in [0.05, 0.1) is 6.10 Å². The highest BCUT2D eigenvalue weighted by Gasteiger charge is 2.25. The largest absolute Gasteiger partial charge is 0.391 e. The lowest BCUT2D eigenvalue weighted by Crippen LogP contribution is -2.39. The molecule has 3 nitrogen and oxygen atoms in total. The number of hydrogen-bond acceptors (Lipinski definition) is 2. The van der Waals surface area contributed by atoms with Crippen LogP contribution < -0.4 is 5.32 Å². The summed E-state index contributed by atoms with van der Waals surface area (Å²) >= 11 is 0. The number of rotatable bonds is 5. The third-order valence-corrected chi connectivity index (χ3v) is 4.09. The van der Waals surface area contributed by atoms with Crippen molar-refractivity contribution in [3.05, 3.63) is 0 Å². The van der Waals surface area contributed by atoms with E-state index in [9.17, 15) is 9.90 Å². The summed E-state index contributed by atoms with van der Waals surface area (Å²) in [5.74, 6) is 1.22. The second-order valence-corrected chi connectivity index (χ2v) is 5.67. The van der Waals surface area contributed by atoms with Crippen LogP contribution in [0.15, 0.2) is 0 Å². The second kappa shape index (κ2) is 7.00. The summed E-state index contributed by atoms with van der Waals surface area (Å²) in [6.07, 6.45) is 4.95. The van der Waals surface area contributed by atoms with Crippen LogP contribution in [0.4, 0.5) is 0 Å². The van der Waals surface area contributed by atoms with E-state index in [1.807, 2.05) is 6.92 Å². The van der Waals surface area contributed by atoms with Gasteiger partial charge in [0.1, 0.15) is 0 Å². The van der Waals surface area contributed by atoms with Crippen LogP contribution in [0.2, 0.25) is 0 Å². The Morgan fingerprint density at radius 2 is 2.18 bits per heavy atom. The molecule has 4 unspecified atom stereocenters. The monoisotopic (exact) mass is 241 g/mol. The molecule has 0 radical (unpaired) electrons. The molecule has 100 valence electrons. The van der Waals surface area contributed by atoms with Crippen molar-refractivity contribution in [2.24, 2.45) is 17.8 Å². The third-order valence-electron chi connectivity index (χ3n) is 4.09. The Hall–Kier alpha value is -0.570. The average Bonchev–Trinajstić information content (AvgIpc) is 2.34. The first-order valence-electron chi connectivity index (χ1n) is 7.00. The first kappa shape index (κ1) is 14.5. The molecule has 1 rings (SSSR count). The van der Waals surface area contributed by atoms with Crippen LogP contribution in [0, 0.1) is 17.8 Å². The van der Waals surface area contributed by atoms with E-state index >= 15 is 0 Å². The van der Waals surface area contributed by atoms with E-state index in [4.69, 9.17) is 0 Å². The fourth-order valence-electron chi connectivity index (χ4n) is 2.50. The van der Waals surface area contributed by atoms with Crippen molar-refractivity contribution in [2.75, 3.05) is 6.54 Å². The molecule has 4 atom stereocenters. The van der Waals surface area contributed by atoms with E-state index in [-0.39, 0.29) is 17.7 Å². The van der Waals surface area contributed by atoms with Gasteiger partial charge in [-0.2, -0.15) is 0 Å². The highest BCUT2D eigenvalue weighted by Crippen LogP contribution is 2.28. The molecule has 0 aliphatic heterocycles. The van der Waals surface area contributed by atoms with Gasteiger partial charge in [-0.3, -0.25) is 4.79 Å². The molecular weight excluding hydrogens is 214 g/mol. The first-order valence-corrected chi connectivity index (χ1v) is 7.00. The lowest BCUT2D eigenvalue weighted by atomic mass is 9.82. The lowest BCUT2D eigenvalue weighted by molar-refractivity contribution is -0.127. The number of amides is 1. The van der Waals surface area contributed by atoms with Gasteiger partial charge in [0.25, 0.3) is 0 Å². The molecule has 2 N–H and O–H groups in total. The molecule has 0 aromatic carbocycles. The summed E-state index contributed by atoms with van der Waals surface area (Å²) in [7, 11) is 0. The van der Waals surface area contributed by atoms with Crippen molar-refractivity contribution < 1.29 is 9.90 Å². The smallest absolute Gasteiger partial charge is 0.223 e. The quantitative estimate of drug-likeness (QED) is 0.776. The molecule has 0 aromatic heterocycles. The second-order valence-electron chi connectivity index (χ2n) is 5.67. The Bertz CT molecular complexity index is 242. The predicted octanol–water partition coefficient (Wildman–Crippen LogP) is 2.34. The summed E-state index contributed by atoms with van der Waals surface area (Å²) in [5, 5.41) is 12.7. The molecule has 1 fully saturated rings. The first-order chi connectivity index (χ1) is 8.04. The topological polar surface area (TPSA) is 49.3 Å². The average molecular weight is 241 g/mol. The molecule has 1 saturated carbocycles. The molecule has 0 saturated heterocycles. The van der Waals surface area contributed by atoms with Gasteiger partial charge in [-0.05, 0) is 24.7 Å². The van der Waals surface area contributed by atoms with Crippen molar-refractivity contribution in [1.29, 1.82) is 0 Å². The maximum atomic E-state index is 11.9. The Kier molecular flexibility index (Phi) is 5.96. The van der Waals surface area contributed by atoms with E-state index in [0.29, 0.717) is 12.5 Å². The molecule has 0 spiro atoms. The molecule has 0 heterocycles. The van der Waals surface area contributed by atoms with Crippen molar-refractivity contribution in [1.82, 2.24) is 5.32 Å². The summed E-state index contributed by atoms with van der Waals surface area (Å²) in [6, 6.07) is 0. The molecule has 17 heavy (non-hydrogen) atoms. The van der Waals surface area contributed by atoms with Gasteiger partial charge in [0.15, 0.2) is 0 Å². The van der Waals surface area contributed by atoms with E-state index in [2.05, 4.69) is 19.2 Å². The highest BCUT2D eigenvalue weighted by molar-refractivity contribution is 5.78. The zero-order chi connectivity index (χ0) is 12.8. The van der Waals surface area contributed by atoms with Gasteiger partial charge in [-0.15, -0.1) is 0 Å². The van der Waals surface area contributed by atoms with Gasteiger partial charge in [-0.25, -0.2) is 0 Å². The molecule has 1 aliphatic carbocycles. The van der Waals surface area contributed by atoms with Crippen LogP contribution in [0.25, 0.3) is 0 Å². The number of aliphatic hydroxyl groups is 1. The van der Waals surface area contributed by atoms with E-state index in [1.54, 1.807) is 0 Å². The van der Waals surface area contributed by atoms with E-state index in [1.165, 1.54) is 6.42 Å². The molecule has 0 aromatic rings. The van der Waals surface area contributed by atoms with Crippen molar-refractivity contribution in [2.45, 2.75) is 59.0 Å². The van der Waals surface area contributed by atoms with Crippen molar-refractivity contribution in [3.63, 3.8) is 0 Å². The molecule has 3 heteroatoms. The fraction of sp³-hybridized carbons (Fsp3) is 0.929. The zero-order valence-corrected chi connectivity index (χ0v) is 11.4. The number of nitrogens with one attached hydrogen (secondary N) is 1. The summed E-state index contributed by atoms with van der Waals surface area (Å²) in [5.41, 5.74) is 0. The minimum Gasteiger partial charge on any atom is -0.391 e. The van der Waals surface area contributed by atoms with Gasteiger partial charge in [0, 0.05) is 12.5 Å². The molecule has 1 aliphatic rings. The Morgan fingerprint density at radius 3 is 2.76 bits per heavy atom. The minimum absolute atomic E-state index is 0.138. The minimum atomic E-state index is -0.412. The molecule has 0 bridgehead atoms. The maximum absolute atomic E-state index is 11.9. The van der Waals surface area contributed by atoms with Crippen LogP contribution in [0.5, 0.6) is 0 Å². The highest BCUT2D eigenvalue weighted by atomic mass is 16.3. The lowest BCUT2D eigenvalue weighted by Gasteiger charge is -2.26. The summed E-state index contributed by atoms with van der Waals surface area (Å²) < 4.78 is 0. The summed E-state index contributed by atoms with van der Waals surface area (Å²) in [4.78, 5) is 11.9. The Labute approximate surface area is 105 Å². The van der Waals surface area contributed by atoms with Crippen LogP contribution in [0.3, 0.4) is 0 Å². The van der Waals surface area contributed by atoms with Crippen LogP contribution >= 0.6 is 0 Å². The zero-order valence-electron chi connectivity index (χ0n) is 11.4. The third kappa shape index (κ3) is 4.66. The normalized spacial score (nSPS) is 28.5. The van der Waals surface area contributed by atoms with Crippen molar-refractivity contribution in [3.8, 4) is 0 Å². The van der Waals surface area contributed by atoms with Gasteiger partial charge >= 0.3 is 0 Å². The standard InChI is InChI=1S/C14H27NO2/c1-4-11(3)13(16)9-15-14(17)12-7-5-6-10(2)8-12/h10-13,16H,4-9H2,1-3H3,(H,15,17). The number of carbonyl (C=O) groups excluding carboxylic acids is 1. The fourth-order valence-corrected chi connectivity index (χ4v) is 2.50. The van der Waals surface area contributed by atoms with Crippen LogP contribution in [0.1, 0.15) is 52.9 Å². The van der Waals surface area contributed by atoms with Crippen LogP contribution in [-0.2, 0) is 4.79 Å². The van der Waals surface area contributed by atoms with E-state index < -0.39 is 6.10 Å². The van der Waals surface area contributed by atoms with Crippen LogP contribution in [-0.4, -0.2) is 23.7 Å². The number of carbonyl (C=O) groups is 1. The summed E-state index contributed by atoms with van der Waals surface area (Å²) in [6.45, 7) is 6.68. The number of hydrogen-bond donors (Lipinski definition) is 2. The van der Waals surface area contributed by atoms with Gasteiger partial charge in [0.2, 0.25) is 5.91 Å². The molecular formula is C14H27NO2. The number of aliphatic hydroxyl groups excluding tert-OH is 1. The predicted molar refractivity (Wildman–Crippen MR) is 69.6 cm³/mol. The molecule has 1 amide bonds. The Balaban J connectivity index is 2.29. The Morgan fingerprint density at radius 1 is 1.47 bits per heavy atom. The van der Waals surface area contributed by atoms with E-state index in [0.717, 1.165) is 25.7 Å².